The van der Waals surface area contributed by atoms with Crippen molar-refractivity contribution in [3.63, 3.8) is 0 Å². The minimum atomic E-state index is -0.568. The van der Waals surface area contributed by atoms with Gasteiger partial charge in [-0.25, -0.2) is 0 Å². The van der Waals surface area contributed by atoms with E-state index in [2.05, 4.69) is 0 Å². The van der Waals surface area contributed by atoms with Gasteiger partial charge >= 0.3 is 11.9 Å². The average molecular weight is 230 g/mol. The minimum Gasteiger partial charge on any atom is -0.428 e. The number of hydrogen-bond donors (Lipinski definition) is 0. The molecule has 0 bridgehead atoms. The first-order chi connectivity index (χ1) is 7.29. The maximum absolute atomic E-state index is 11.4. The average Bonchev–Trinajstić information content (AvgIpc) is 2.16. The van der Waals surface area contributed by atoms with Crippen LogP contribution in [0, 0.1) is 11.3 Å². The Morgan fingerprint density at radius 1 is 1.19 bits per heavy atom. The lowest BCUT2D eigenvalue weighted by Crippen LogP contribution is -2.25. The Balaban J connectivity index is 3.83. The highest BCUT2D eigenvalue weighted by Crippen LogP contribution is 2.15. The Hall–Kier alpha value is -1.06. The molecule has 0 spiro atoms. The molecular weight excluding hydrogens is 208 g/mol. The van der Waals surface area contributed by atoms with Crippen molar-refractivity contribution in [3.8, 4) is 0 Å². The Morgan fingerprint density at radius 2 is 1.75 bits per heavy atom. The largest absolute Gasteiger partial charge is 0.428 e. The third-order valence-electron chi connectivity index (χ3n) is 2.13. The molecular formula is C12H22O4. The lowest BCUT2D eigenvalue weighted by Gasteiger charge is -2.17. The molecule has 0 fully saturated rings. The molecule has 0 aromatic rings. The number of carbonyl (C=O) groups is 2. The van der Waals surface area contributed by atoms with Gasteiger partial charge in [0.1, 0.15) is 0 Å². The molecule has 4 nitrogen and oxygen atoms in total. The van der Waals surface area contributed by atoms with E-state index in [1.54, 1.807) is 27.7 Å². The molecule has 0 radical (unpaired) electrons. The van der Waals surface area contributed by atoms with Gasteiger partial charge in [0.05, 0.1) is 11.3 Å². The van der Waals surface area contributed by atoms with E-state index in [4.69, 9.17) is 9.47 Å². The van der Waals surface area contributed by atoms with E-state index in [-0.39, 0.29) is 24.6 Å². The van der Waals surface area contributed by atoms with Crippen molar-refractivity contribution in [2.45, 2.75) is 47.5 Å². The molecule has 0 aliphatic rings. The van der Waals surface area contributed by atoms with Crippen LogP contribution in [0.1, 0.15) is 47.5 Å². The fourth-order valence-corrected chi connectivity index (χ4v) is 1.05. The van der Waals surface area contributed by atoms with Gasteiger partial charge in [-0.1, -0.05) is 20.3 Å². The predicted molar refractivity (Wildman–Crippen MR) is 60.6 cm³/mol. The third-order valence-corrected chi connectivity index (χ3v) is 2.13. The number of carbonyl (C=O) groups excluding carboxylic acids is 2. The second-order valence-corrected chi connectivity index (χ2v) is 4.95. The highest BCUT2D eigenvalue weighted by Gasteiger charge is 2.23. The van der Waals surface area contributed by atoms with Gasteiger partial charge in [0.15, 0.2) is 0 Å². The fourth-order valence-electron chi connectivity index (χ4n) is 1.05. The number of ether oxygens (including phenoxy) is 2. The van der Waals surface area contributed by atoms with E-state index in [9.17, 15) is 9.59 Å². The molecule has 0 saturated carbocycles. The molecule has 0 aromatic heterocycles. The monoisotopic (exact) mass is 230 g/mol. The number of esters is 2. The molecule has 0 aromatic carbocycles. The molecule has 4 heteroatoms. The highest BCUT2D eigenvalue weighted by molar-refractivity contribution is 5.75. The molecule has 0 amide bonds. The van der Waals surface area contributed by atoms with Crippen molar-refractivity contribution in [1.82, 2.24) is 0 Å². The first-order valence-electron chi connectivity index (χ1n) is 5.63. The first kappa shape index (κ1) is 14.9. The fraction of sp³-hybridized carbons (Fsp3) is 0.833. The van der Waals surface area contributed by atoms with E-state index in [0.29, 0.717) is 0 Å². The van der Waals surface area contributed by atoms with Gasteiger partial charge in [-0.3, -0.25) is 9.59 Å². The van der Waals surface area contributed by atoms with Crippen LogP contribution in [-0.4, -0.2) is 18.7 Å². The van der Waals surface area contributed by atoms with Crippen LogP contribution in [-0.2, 0) is 19.1 Å². The Morgan fingerprint density at radius 3 is 2.19 bits per heavy atom. The summed E-state index contributed by atoms with van der Waals surface area (Å²) in [5.74, 6) is -0.828. The summed E-state index contributed by atoms with van der Waals surface area (Å²) in [6.07, 6.45) is 1.71. The highest BCUT2D eigenvalue weighted by atomic mass is 16.7. The standard InChI is InChI=1S/C12H22O4/c1-6-7-9(2)10(13)15-8-16-11(14)12(3,4)5/h9H,6-8H2,1-5H3. The van der Waals surface area contributed by atoms with Gasteiger partial charge in [-0.05, 0) is 27.2 Å². The van der Waals surface area contributed by atoms with Crippen LogP contribution in [0.3, 0.4) is 0 Å². The first-order valence-corrected chi connectivity index (χ1v) is 5.63. The SMILES string of the molecule is CCCC(C)C(=O)OCOC(=O)C(C)(C)C. The summed E-state index contributed by atoms with van der Waals surface area (Å²) in [7, 11) is 0. The normalized spacial score (nSPS) is 13.1. The van der Waals surface area contributed by atoms with Crippen molar-refractivity contribution in [3.05, 3.63) is 0 Å². The van der Waals surface area contributed by atoms with Crippen LogP contribution in [0.25, 0.3) is 0 Å². The zero-order valence-electron chi connectivity index (χ0n) is 10.8. The second kappa shape index (κ2) is 6.51. The van der Waals surface area contributed by atoms with Gasteiger partial charge in [0.2, 0.25) is 6.79 Å². The van der Waals surface area contributed by atoms with Crippen molar-refractivity contribution in [1.29, 1.82) is 0 Å². The smallest absolute Gasteiger partial charge is 0.314 e. The number of rotatable bonds is 5. The summed E-state index contributed by atoms with van der Waals surface area (Å²) in [4.78, 5) is 22.7. The predicted octanol–water partition coefficient (Wildman–Crippen LogP) is 2.51. The van der Waals surface area contributed by atoms with Crippen molar-refractivity contribution in [2.75, 3.05) is 6.79 Å². The molecule has 0 rings (SSSR count). The lowest BCUT2D eigenvalue weighted by atomic mass is 9.98. The summed E-state index contributed by atoms with van der Waals surface area (Å²) in [5, 5.41) is 0. The van der Waals surface area contributed by atoms with Crippen LogP contribution in [0.5, 0.6) is 0 Å². The summed E-state index contributed by atoms with van der Waals surface area (Å²) in [5.41, 5.74) is -0.568. The summed E-state index contributed by atoms with van der Waals surface area (Å²) in [6.45, 7) is 8.76. The van der Waals surface area contributed by atoms with Gasteiger partial charge in [0, 0.05) is 0 Å². The second-order valence-electron chi connectivity index (χ2n) is 4.95. The molecule has 0 heterocycles. The minimum absolute atomic E-state index is 0.140. The van der Waals surface area contributed by atoms with E-state index < -0.39 is 5.41 Å². The van der Waals surface area contributed by atoms with Gasteiger partial charge in [0.25, 0.3) is 0 Å². The molecule has 0 N–H and O–H groups in total. The molecule has 0 aliphatic heterocycles. The molecule has 1 atom stereocenters. The summed E-state index contributed by atoms with van der Waals surface area (Å²) >= 11 is 0. The zero-order chi connectivity index (χ0) is 12.8. The third kappa shape index (κ3) is 5.73. The summed E-state index contributed by atoms with van der Waals surface area (Å²) < 4.78 is 9.66. The van der Waals surface area contributed by atoms with Crippen LogP contribution >= 0.6 is 0 Å². The van der Waals surface area contributed by atoms with Gasteiger partial charge < -0.3 is 9.47 Å². The molecule has 16 heavy (non-hydrogen) atoms. The topological polar surface area (TPSA) is 52.6 Å². The van der Waals surface area contributed by atoms with E-state index in [1.807, 2.05) is 6.92 Å². The summed E-state index contributed by atoms with van der Waals surface area (Å²) in [6, 6.07) is 0. The van der Waals surface area contributed by atoms with Crippen molar-refractivity contribution >= 4 is 11.9 Å². The van der Waals surface area contributed by atoms with Crippen LogP contribution in [0.15, 0.2) is 0 Å². The maximum atomic E-state index is 11.4. The Labute approximate surface area is 97.3 Å². The lowest BCUT2D eigenvalue weighted by molar-refractivity contribution is -0.175. The van der Waals surface area contributed by atoms with E-state index >= 15 is 0 Å². The quantitative estimate of drug-likeness (QED) is 0.538. The van der Waals surface area contributed by atoms with Crippen LogP contribution in [0.4, 0.5) is 0 Å². The van der Waals surface area contributed by atoms with Crippen molar-refractivity contribution in [2.24, 2.45) is 11.3 Å². The Bertz CT molecular complexity index is 240. The van der Waals surface area contributed by atoms with Gasteiger partial charge in [-0.2, -0.15) is 0 Å². The molecule has 0 saturated heterocycles. The Kier molecular flexibility index (Phi) is 6.08. The molecule has 0 aliphatic carbocycles. The maximum Gasteiger partial charge on any atom is 0.314 e. The van der Waals surface area contributed by atoms with Crippen LogP contribution in [0.2, 0.25) is 0 Å². The zero-order valence-corrected chi connectivity index (χ0v) is 10.8. The van der Waals surface area contributed by atoms with E-state index in [1.165, 1.54) is 0 Å². The number of hydrogen-bond acceptors (Lipinski definition) is 4. The molecule has 94 valence electrons. The molecule has 1 unspecified atom stereocenters. The van der Waals surface area contributed by atoms with Gasteiger partial charge in [-0.15, -0.1) is 0 Å². The van der Waals surface area contributed by atoms with Crippen LogP contribution < -0.4 is 0 Å². The van der Waals surface area contributed by atoms with E-state index in [0.717, 1.165) is 12.8 Å². The van der Waals surface area contributed by atoms with Crippen molar-refractivity contribution < 1.29 is 19.1 Å².